The minimum absolute atomic E-state index is 0.609. The van der Waals surface area contributed by atoms with Crippen LogP contribution in [0.15, 0.2) is 41.0 Å². The highest BCUT2D eigenvalue weighted by Gasteiger charge is 2.00. The molecule has 6 N–H and O–H groups in total. The molecule has 0 aromatic heterocycles. The van der Waals surface area contributed by atoms with Crippen molar-refractivity contribution in [2.75, 3.05) is 12.8 Å². The van der Waals surface area contributed by atoms with E-state index in [0.29, 0.717) is 5.84 Å². The largest absolute Gasteiger partial charge is 0.399 e. The standard InChI is InChI=1S/C16H25N3.C2H6.CH5N/c1-3-4-6-15(12-19-13(2)17)10-9-14-7-5-8-16(18)11-14;2*1-2/h5,7-8,11-12H,3-4,6,9-10,18H2,1-2H3,(H2,17,19);1-2H3;2H2,1H3/b15-12+;;. The van der Waals surface area contributed by atoms with Gasteiger partial charge in [0, 0.05) is 11.9 Å². The zero-order valence-electron chi connectivity index (χ0n) is 15.6. The van der Waals surface area contributed by atoms with Crippen molar-refractivity contribution in [3.05, 3.63) is 41.6 Å². The van der Waals surface area contributed by atoms with Crippen LogP contribution in [0.5, 0.6) is 0 Å². The molecule has 0 saturated heterocycles. The van der Waals surface area contributed by atoms with Gasteiger partial charge in [-0.1, -0.05) is 44.9 Å². The summed E-state index contributed by atoms with van der Waals surface area (Å²) in [6, 6.07) is 8.07. The topological polar surface area (TPSA) is 90.4 Å². The Morgan fingerprint density at radius 2 is 1.83 bits per heavy atom. The van der Waals surface area contributed by atoms with Crippen LogP contribution in [0.4, 0.5) is 5.69 Å². The third-order valence-electron chi connectivity index (χ3n) is 2.99. The number of nitrogens with two attached hydrogens (primary N) is 3. The van der Waals surface area contributed by atoms with Gasteiger partial charge < -0.3 is 17.2 Å². The van der Waals surface area contributed by atoms with Gasteiger partial charge in [-0.05, 0) is 57.4 Å². The summed E-state index contributed by atoms with van der Waals surface area (Å²) >= 11 is 0. The summed E-state index contributed by atoms with van der Waals surface area (Å²) in [4.78, 5) is 4.22. The number of hydrogen-bond acceptors (Lipinski definition) is 3. The minimum atomic E-state index is 0.609. The number of rotatable bonds is 7. The second kappa shape index (κ2) is 16.6. The molecule has 0 bridgehead atoms. The number of nitrogen functional groups attached to an aromatic ring is 1. The summed E-state index contributed by atoms with van der Waals surface area (Å²) in [5.41, 5.74) is 19.3. The monoisotopic (exact) mass is 320 g/mol. The number of amidine groups is 1. The summed E-state index contributed by atoms with van der Waals surface area (Å²) in [5, 5.41) is 0. The lowest BCUT2D eigenvalue weighted by Gasteiger charge is -2.07. The lowest BCUT2D eigenvalue weighted by molar-refractivity contribution is 0.747. The Labute approximate surface area is 142 Å². The molecule has 4 nitrogen and oxygen atoms in total. The van der Waals surface area contributed by atoms with E-state index >= 15 is 0 Å². The number of aryl methyl sites for hydroxylation is 1. The Hall–Kier alpha value is -1.81. The zero-order chi connectivity index (χ0) is 18.1. The molecular weight excluding hydrogens is 284 g/mol. The number of hydrogen-bond donors (Lipinski definition) is 3. The van der Waals surface area contributed by atoms with Crippen molar-refractivity contribution < 1.29 is 0 Å². The minimum Gasteiger partial charge on any atom is -0.399 e. The molecule has 23 heavy (non-hydrogen) atoms. The first-order valence-electron chi connectivity index (χ1n) is 8.51. The molecule has 0 spiro atoms. The Morgan fingerprint density at radius 3 is 2.35 bits per heavy atom. The van der Waals surface area contributed by atoms with Gasteiger partial charge in [0.05, 0.1) is 5.84 Å². The maximum absolute atomic E-state index is 5.79. The summed E-state index contributed by atoms with van der Waals surface area (Å²) in [6.07, 6.45) is 7.43. The van der Waals surface area contributed by atoms with Crippen LogP contribution in [0.3, 0.4) is 0 Å². The van der Waals surface area contributed by atoms with Gasteiger partial charge >= 0.3 is 0 Å². The van der Waals surface area contributed by atoms with Crippen molar-refractivity contribution in [3.63, 3.8) is 0 Å². The number of benzene rings is 1. The molecule has 0 fully saturated rings. The van der Waals surface area contributed by atoms with Crippen molar-refractivity contribution in [3.8, 4) is 0 Å². The Morgan fingerprint density at radius 1 is 1.17 bits per heavy atom. The van der Waals surface area contributed by atoms with E-state index in [4.69, 9.17) is 11.5 Å². The normalized spacial score (nSPS) is 11.0. The first-order valence-corrected chi connectivity index (χ1v) is 8.51. The van der Waals surface area contributed by atoms with Gasteiger partial charge in [-0.2, -0.15) is 0 Å². The fourth-order valence-electron chi connectivity index (χ4n) is 1.90. The van der Waals surface area contributed by atoms with Crippen LogP contribution in [0.25, 0.3) is 0 Å². The van der Waals surface area contributed by atoms with Crippen LogP contribution >= 0.6 is 0 Å². The number of allylic oxidation sites excluding steroid dienone is 1. The quantitative estimate of drug-likeness (QED) is 0.398. The third kappa shape index (κ3) is 13.6. The van der Waals surface area contributed by atoms with Crippen LogP contribution < -0.4 is 17.2 Å². The van der Waals surface area contributed by atoms with E-state index in [1.165, 1.54) is 31.0 Å². The van der Waals surface area contributed by atoms with E-state index < -0.39 is 0 Å². The summed E-state index contributed by atoms with van der Waals surface area (Å²) in [5.74, 6) is 0.609. The fourth-order valence-corrected chi connectivity index (χ4v) is 1.90. The third-order valence-corrected chi connectivity index (χ3v) is 2.99. The second-order valence-corrected chi connectivity index (χ2v) is 4.91. The molecule has 0 saturated carbocycles. The van der Waals surface area contributed by atoms with Crippen molar-refractivity contribution in [1.29, 1.82) is 0 Å². The first kappa shape index (κ1) is 23.5. The molecule has 0 aliphatic carbocycles. The lowest BCUT2D eigenvalue weighted by atomic mass is 10.0. The molecule has 4 heteroatoms. The summed E-state index contributed by atoms with van der Waals surface area (Å²) in [6.45, 7) is 8.01. The molecule has 1 rings (SSSR count). The maximum atomic E-state index is 5.79. The van der Waals surface area contributed by atoms with Gasteiger partial charge in [0.15, 0.2) is 0 Å². The molecule has 0 heterocycles. The van der Waals surface area contributed by atoms with Gasteiger partial charge in [-0.3, -0.25) is 0 Å². The van der Waals surface area contributed by atoms with Crippen molar-refractivity contribution >= 4 is 11.5 Å². The molecule has 0 atom stereocenters. The van der Waals surface area contributed by atoms with Crippen LogP contribution in [0.1, 0.15) is 58.9 Å². The summed E-state index contributed by atoms with van der Waals surface area (Å²) in [7, 11) is 1.50. The Balaban J connectivity index is 0. The van der Waals surface area contributed by atoms with Crippen LogP contribution in [-0.4, -0.2) is 12.9 Å². The molecule has 1 aromatic carbocycles. The van der Waals surface area contributed by atoms with E-state index in [0.717, 1.165) is 24.9 Å². The number of nitrogens with zero attached hydrogens (tertiary/aromatic N) is 1. The Kier molecular flexibility index (Phi) is 16.9. The van der Waals surface area contributed by atoms with Gasteiger partial charge in [0.2, 0.25) is 0 Å². The van der Waals surface area contributed by atoms with Crippen molar-refractivity contribution in [2.45, 2.75) is 59.8 Å². The van der Waals surface area contributed by atoms with E-state index in [2.05, 4.69) is 23.7 Å². The molecule has 1 aromatic rings. The number of anilines is 1. The molecule has 0 aliphatic heterocycles. The second-order valence-electron chi connectivity index (χ2n) is 4.91. The highest BCUT2D eigenvalue weighted by molar-refractivity contribution is 5.78. The molecular formula is C19H36N4. The molecule has 0 amide bonds. The van der Waals surface area contributed by atoms with Gasteiger partial charge in [0.25, 0.3) is 0 Å². The van der Waals surface area contributed by atoms with Crippen molar-refractivity contribution in [1.82, 2.24) is 0 Å². The van der Waals surface area contributed by atoms with Gasteiger partial charge in [0.1, 0.15) is 0 Å². The first-order chi connectivity index (χ1) is 11.1. The Bertz CT molecular complexity index is 446. The van der Waals surface area contributed by atoms with Gasteiger partial charge in [-0.25, -0.2) is 4.99 Å². The maximum Gasteiger partial charge on any atom is 0.0957 e. The zero-order valence-corrected chi connectivity index (χ0v) is 15.6. The number of aliphatic imine (C=N–C) groups is 1. The average molecular weight is 321 g/mol. The molecule has 0 aliphatic rings. The van der Waals surface area contributed by atoms with Gasteiger partial charge in [-0.15, -0.1) is 0 Å². The SMILES string of the molecule is CC.CCCC/C(=C\N=C(C)N)CCc1cccc(N)c1.CN. The van der Waals surface area contributed by atoms with E-state index in [1.807, 2.05) is 45.2 Å². The predicted octanol–water partition coefficient (Wildman–Crippen LogP) is 4.25. The van der Waals surface area contributed by atoms with Crippen LogP contribution in [0.2, 0.25) is 0 Å². The summed E-state index contributed by atoms with van der Waals surface area (Å²) < 4.78 is 0. The molecule has 0 unspecified atom stereocenters. The van der Waals surface area contributed by atoms with E-state index in [1.54, 1.807) is 0 Å². The number of unbranched alkanes of at least 4 members (excludes halogenated alkanes) is 1. The molecule has 0 radical (unpaired) electrons. The van der Waals surface area contributed by atoms with E-state index in [9.17, 15) is 0 Å². The highest BCUT2D eigenvalue weighted by atomic mass is 14.8. The smallest absolute Gasteiger partial charge is 0.0957 e. The van der Waals surface area contributed by atoms with Crippen LogP contribution in [-0.2, 0) is 6.42 Å². The van der Waals surface area contributed by atoms with Crippen molar-refractivity contribution in [2.24, 2.45) is 16.5 Å². The highest BCUT2D eigenvalue weighted by Crippen LogP contribution is 2.17. The molecule has 132 valence electrons. The van der Waals surface area contributed by atoms with E-state index in [-0.39, 0.29) is 0 Å². The van der Waals surface area contributed by atoms with Crippen LogP contribution in [0, 0.1) is 0 Å². The fraction of sp³-hybridized carbons (Fsp3) is 0.526. The average Bonchev–Trinajstić information content (AvgIpc) is 2.57. The predicted molar refractivity (Wildman–Crippen MR) is 106 cm³/mol. The lowest BCUT2D eigenvalue weighted by Crippen LogP contribution is -2.03.